The third-order valence-corrected chi connectivity index (χ3v) is 7.22. The molecule has 0 aliphatic carbocycles. The predicted molar refractivity (Wildman–Crippen MR) is 132 cm³/mol. The topological polar surface area (TPSA) is 56.8 Å². The van der Waals surface area contributed by atoms with E-state index in [1.54, 1.807) is 6.20 Å². The number of anilines is 4. The third kappa shape index (κ3) is 4.08. The lowest BCUT2D eigenvalue weighted by atomic mass is 10.1. The lowest BCUT2D eigenvalue weighted by molar-refractivity contribution is 0.122. The Bertz CT molecular complexity index is 1160. The molecule has 34 heavy (non-hydrogen) atoms. The smallest absolute Gasteiger partial charge is 0.227 e. The molecule has 2 unspecified atom stereocenters. The fourth-order valence-corrected chi connectivity index (χ4v) is 5.35. The lowest BCUT2D eigenvalue weighted by Gasteiger charge is -2.33. The first kappa shape index (κ1) is 21.3. The quantitative estimate of drug-likeness (QED) is 0.622. The van der Waals surface area contributed by atoms with E-state index in [0.29, 0.717) is 29.4 Å². The molecular weight excluding hydrogens is 431 g/mol. The van der Waals surface area contributed by atoms with Gasteiger partial charge in [-0.1, -0.05) is 12.1 Å². The molecule has 3 saturated heterocycles. The summed E-state index contributed by atoms with van der Waals surface area (Å²) < 4.78 is 20.5. The molecule has 2 atom stereocenters. The van der Waals surface area contributed by atoms with E-state index in [1.807, 2.05) is 18.2 Å². The molecule has 0 saturated carbocycles. The van der Waals surface area contributed by atoms with Crippen molar-refractivity contribution < 1.29 is 9.13 Å². The first-order valence-electron chi connectivity index (χ1n) is 11.9. The van der Waals surface area contributed by atoms with E-state index in [2.05, 4.69) is 61.3 Å². The number of hydrogen-bond donors (Lipinski definition) is 1. The molecule has 0 spiro atoms. The fraction of sp³-hybridized carbons (Fsp3) is 0.385. The SMILES string of the molecule is CN1CC2CC1CN2c1ccc(Nc2nccc(-c3ccc(N4CCOCC4)cc3)n2)cc1F. The first-order chi connectivity index (χ1) is 16.6. The monoisotopic (exact) mass is 460 g/mol. The minimum Gasteiger partial charge on any atom is -0.378 e. The van der Waals surface area contributed by atoms with E-state index >= 15 is 4.39 Å². The minimum absolute atomic E-state index is 0.213. The van der Waals surface area contributed by atoms with Gasteiger partial charge in [0, 0.05) is 61.4 Å². The number of rotatable bonds is 5. The van der Waals surface area contributed by atoms with Crippen molar-refractivity contribution in [2.75, 3.05) is 61.6 Å². The van der Waals surface area contributed by atoms with Crippen LogP contribution in [0, 0.1) is 5.82 Å². The third-order valence-electron chi connectivity index (χ3n) is 7.22. The summed E-state index contributed by atoms with van der Waals surface area (Å²) in [5, 5.41) is 3.17. The summed E-state index contributed by atoms with van der Waals surface area (Å²) in [4.78, 5) is 15.9. The van der Waals surface area contributed by atoms with Crippen molar-refractivity contribution in [2.45, 2.75) is 18.5 Å². The summed E-state index contributed by atoms with van der Waals surface area (Å²) in [6.07, 6.45) is 2.84. The van der Waals surface area contributed by atoms with Crippen LogP contribution in [0.3, 0.4) is 0 Å². The highest BCUT2D eigenvalue weighted by Gasteiger charge is 2.42. The Kier molecular flexibility index (Phi) is 5.55. The second kappa shape index (κ2) is 8.85. The van der Waals surface area contributed by atoms with E-state index in [9.17, 15) is 0 Å². The molecular formula is C26H29FN6O. The van der Waals surface area contributed by atoms with Crippen LogP contribution in [-0.4, -0.2) is 73.4 Å². The summed E-state index contributed by atoms with van der Waals surface area (Å²) in [7, 11) is 2.15. The van der Waals surface area contributed by atoms with E-state index in [1.165, 1.54) is 11.8 Å². The molecule has 7 nitrogen and oxygen atoms in total. The number of morpholine rings is 1. The second-order valence-corrected chi connectivity index (χ2v) is 9.34. The number of hydrogen-bond acceptors (Lipinski definition) is 7. The largest absolute Gasteiger partial charge is 0.378 e. The summed E-state index contributed by atoms with van der Waals surface area (Å²) in [6, 6.07) is 16.5. The van der Waals surface area contributed by atoms with Gasteiger partial charge in [-0.25, -0.2) is 14.4 Å². The number of halogens is 1. The summed E-state index contributed by atoms with van der Waals surface area (Å²) in [5.41, 5.74) is 4.34. The zero-order valence-corrected chi connectivity index (χ0v) is 19.3. The van der Waals surface area contributed by atoms with Crippen molar-refractivity contribution >= 4 is 23.0 Å². The number of likely N-dealkylation sites (tertiary alicyclic amines) is 1. The number of benzene rings is 2. The Hall–Kier alpha value is -3.23. The molecule has 3 aromatic rings. The highest BCUT2D eigenvalue weighted by molar-refractivity contribution is 5.66. The van der Waals surface area contributed by atoms with Crippen molar-refractivity contribution in [3.63, 3.8) is 0 Å². The van der Waals surface area contributed by atoms with Crippen LogP contribution in [0.1, 0.15) is 6.42 Å². The standard InChI is InChI=1S/C26H29FN6O/c1-31-16-22-15-21(31)17-33(22)25-7-4-19(14-23(25)27)29-26-28-9-8-24(30-26)18-2-5-20(6-3-18)32-10-12-34-13-11-32/h2-9,14,21-22H,10-13,15-17H2,1H3,(H,28,29,30). The molecule has 176 valence electrons. The zero-order chi connectivity index (χ0) is 23.1. The van der Waals surface area contributed by atoms with Crippen LogP contribution in [0.15, 0.2) is 54.7 Å². The molecule has 2 aromatic carbocycles. The van der Waals surface area contributed by atoms with Crippen LogP contribution in [0.2, 0.25) is 0 Å². The maximum atomic E-state index is 15.0. The molecule has 4 heterocycles. The fourth-order valence-electron chi connectivity index (χ4n) is 5.35. The number of nitrogens with one attached hydrogen (secondary N) is 1. The van der Waals surface area contributed by atoms with Crippen molar-refractivity contribution in [3.05, 3.63) is 60.5 Å². The van der Waals surface area contributed by atoms with Crippen molar-refractivity contribution in [3.8, 4) is 11.3 Å². The predicted octanol–water partition coefficient (Wildman–Crippen LogP) is 3.76. The van der Waals surface area contributed by atoms with Gasteiger partial charge in [0.25, 0.3) is 0 Å². The van der Waals surface area contributed by atoms with Gasteiger partial charge >= 0.3 is 0 Å². The van der Waals surface area contributed by atoms with Crippen molar-refractivity contribution in [1.29, 1.82) is 0 Å². The van der Waals surface area contributed by atoms with E-state index in [-0.39, 0.29) is 5.82 Å². The summed E-state index contributed by atoms with van der Waals surface area (Å²) in [6.45, 7) is 5.23. The second-order valence-electron chi connectivity index (χ2n) is 9.34. The molecule has 8 heteroatoms. The minimum atomic E-state index is -0.213. The van der Waals surface area contributed by atoms with Gasteiger partial charge in [0.2, 0.25) is 5.95 Å². The highest BCUT2D eigenvalue weighted by Crippen LogP contribution is 2.36. The molecule has 6 rings (SSSR count). The molecule has 3 fully saturated rings. The number of fused-ring (bicyclic) bond motifs is 2. The van der Waals surface area contributed by atoms with Gasteiger partial charge in [-0.2, -0.15) is 0 Å². The van der Waals surface area contributed by atoms with Crippen LogP contribution < -0.4 is 15.1 Å². The number of likely N-dealkylation sites (N-methyl/N-ethyl adjacent to an activating group) is 1. The zero-order valence-electron chi connectivity index (χ0n) is 19.3. The van der Waals surface area contributed by atoms with Gasteiger partial charge in [0.05, 0.1) is 24.6 Å². The van der Waals surface area contributed by atoms with Gasteiger partial charge in [0.15, 0.2) is 0 Å². The van der Waals surface area contributed by atoms with E-state index < -0.39 is 0 Å². The van der Waals surface area contributed by atoms with Gasteiger partial charge in [-0.3, -0.25) is 4.90 Å². The average molecular weight is 461 g/mol. The van der Waals surface area contributed by atoms with Crippen LogP contribution in [0.25, 0.3) is 11.3 Å². The summed E-state index contributed by atoms with van der Waals surface area (Å²) in [5.74, 6) is 0.235. The van der Waals surface area contributed by atoms with Crippen LogP contribution in [0.5, 0.6) is 0 Å². The average Bonchev–Trinajstić information content (AvgIpc) is 3.45. The Labute approximate surface area is 199 Å². The van der Waals surface area contributed by atoms with Crippen LogP contribution in [-0.2, 0) is 4.74 Å². The molecule has 3 aliphatic heterocycles. The van der Waals surface area contributed by atoms with Gasteiger partial charge in [-0.05, 0) is 49.9 Å². The number of ether oxygens (including phenoxy) is 1. The van der Waals surface area contributed by atoms with Crippen molar-refractivity contribution in [2.24, 2.45) is 0 Å². The molecule has 0 amide bonds. The van der Waals surface area contributed by atoms with Gasteiger partial charge < -0.3 is 19.9 Å². The lowest BCUT2D eigenvalue weighted by Crippen LogP contribution is -2.44. The first-order valence-corrected chi connectivity index (χ1v) is 11.9. The van der Waals surface area contributed by atoms with Crippen LogP contribution >= 0.6 is 0 Å². The molecule has 1 aromatic heterocycles. The Morgan fingerprint density at radius 1 is 1.00 bits per heavy atom. The highest BCUT2D eigenvalue weighted by atomic mass is 19.1. The maximum Gasteiger partial charge on any atom is 0.227 e. The Morgan fingerprint density at radius 3 is 2.53 bits per heavy atom. The van der Waals surface area contributed by atoms with Gasteiger partial charge in [0.1, 0.15) is 5.82 Å². The summed E-state index contributed by atoms with van der Waals surface area (Å²) >= 11 is 0. The molecule has 1 N–H and O–H groups in total. The molecule has 2 bridgehead atoms. The Morgan fingerprint density at radius 2 is 1.82 bits per heavy atom. The van der Waals surface area contributed by atoms with E-state index in [4.69, 9.17) is 4.74 Å². The molecule has 3 aliphatic rings. The number of aromatic nitrogens is 2. The number of nitrogens with zero attached hydrogens (tertiary/aromatic N) is 5. The molecule has 0 radical (unpaired) electrons. The normalized spacial score (nSPS) is 22.4. The van der Waals surface area contributed by atoms with E-state index in [0.717, 1.165) is 57.1 Å². The van der Waals surface area contributed by atoms with Crippen LogP contribution in [0.4, 0.5) is 27.4 Å². The van der Waals surface area contributed by atoms with Gasteiger partial charge in [-0.15, -0.1) is 0 Å². The van der Waals surface area contributed by atoms with Crippen molar-refractivity contribution in [1.82, 2.24) is 14.9 Å². The Balaban J connectivity index is 1.16. The number of piperazine rings is 1. The maximum absolute atomic E-state index is 15.0.